The number of hydrogen-bond donors (Lipinski definition) is 2. The Bertz CT molecular complexity index is 967. The lowest BCUT2D eigenvalue weighted by Gasteiger charge is -2.32. The minimum Gasteiger partial charge on any atom is -0.493 e. The van der Waals surface area contributed by atoms with Crippen LogP contribution >= 0.6 is 11.8 Å². The van der Waals surface area contributed by atoms with Crippen LogP contribution in [0.25, 0.3) is 0 Å². The number of aliphatic imine (C=N–C) groups is 1. The number of fused-ring (bicyclic) bond motifs is 2. The molecule has 1 aromatic heterocycles. The van der Waals surface area contributed by atoms with E-state index in [4.69, 9.17) is 15.7 Å². The first-order valence-electron chi connectivity index (χ1n) is 8.48. The topological polar surface area (TPSA) is 113 Å². The molecule has 0 radical (unpaired) electrons. The highest BCUT2D eigenvalue weighted by molar-refractivity contribution is 8.14. The summed E-state index contributed by atoms with van der Waals surface area (Å²) in [4.78, 5) is 21.3. The normalized spacial score (nSPS) is 20.3. The minimum atomic E-state index is -0.389. The Kier molecular flexibility index (Phi) is 4.46. The first-order chi connectivity index (χ1) is 13.1. The molecule has 8 heteroatoms. The maximum absolute atomic E-state index is 12.5. The molecule has 1 spiro atoms. The number of nitrogens with one attached hydrogen (secondary N) is 1. The molecule has 0 saturated heterocycles. The van der Waals surface area contributed by atoms with Gasteiger partial charge in [0.1, 0.15) is 17.0 Å². The van der Waals surface area contributed by atoms with E-state index in [1.807, 2.05) is 12.1 Å². The third-order valence-corrected chi connectivity index (χ3v) is 5.64. The number of pyridine rings is 1. The van der Waals surface area contributed by atoms with E-state index in [1.165, 1.54) is 0 Å². The van der Waals surface area contributed by atoms with Gasteiger partial charge in [0.15, 0.2) is 5.17 Å². The molecule has 0 aliphatic carbocycles. The van der Waals surface area contributed by atoms with E-state index in [9.17, 15) is 4.79 Å². The Morgan fingerprint density at radius 3 is 3.00 bits per heavy atom. The third kappa shape index (κ3) is 3.34. The highest BCUT2D eigenvalue weighted by atomic mass is 32.2. The molecule has 0 fully saturated rings. The van der Waals surface area contributed by atoms with Gasteiger partial charge < -0.3 is 15.8 Å². The average molecular weight is 379 g/mol. The monoisotopic (exact) mass is 379 g/mol. The van der Waals surface area contributed by atoms with E-state index < -0.39 is 0 Å². The predicted molar refractivity (Wildman–Crippen MR) is 104 cm³/mol. The number of amides is 1. The molecule has 7 nitrogen and oxygen atoms in total. The molecule has 136 valence electrons. The molecular formula is C19H17N5O2S. The van der Waals surface area contributed by atoms with E-state index >= 15 is 0 Å². The highest BCUT2D eigenvalue weighted by Gasteiger charge is 2.41. The zero-order valence-corrected chi connectivity index (χ0v) is 15.3. The highest BCUT2D eigenvalue weighted by Crippen LogP contribution is 2.46. The summed E-state index contributed by atoms with van der Waals surface area (Å²) in [6, 6.07) is 11.0. The number of anilines is 1. The van der Waals surface area contributed by atoms with Crippen LogP contribution in [0, 0.1) is 11.3 Å². The summed E-state index contributed by atoms with van der Waals surface area (Å²) in [6.45, 7) is 0.592. The van der Waals surface area contributed by atoms with Gasteiger partial charge in [0, 0.05) is 29.6 Å². The zero-order chi connectivity index (χ0) is 18.9. The predicted octanol–water partition coefficient (Wildman–Crippen LogP) is 2.44. The summed E-state index contributed by atoms with van der Waals surface area (Å²) in [5, 5.41) is 12.2. The standard InChI is InChI=1S/C19H17N5O2S/c20-7-5-12-1-3-15(22-10-12)17(25)23-13-2-4-16-14(9-13)19(6-8-26-16)11-27-18(21)24-19/h1-4,9-10H,5-6,8,11H2,(H2,21,24)(H,23,25). The Morgan fingerprint density at radius 1 is 1.41 bits per heavy atom. The van der Waals surface area contributed by atoms with Crippen LogP contribution in [0.1, 0.15) is 28.0 Å². The number of hydrogen-bond acceptors (Lipinski definition) is 7. The van der Waals surface area contributed by atoms with Gasteiger partial charge in [-0.05, 0) is 29.8 Å². The van der Waals surface area contributed by atoms with E-state index in [1.54, 1.807) is 36.2 Å². The van der Waals surface area contributed by atoms with Gasteiger partial charge in [0.05, 0.1) is 19.1 Å². The van der Waals surface area contributed by atoms with Crippen molar-refractivity contribution in [1.82, 2.24) is 4.98 Å². The number of ether oxygens (including phenoxy) is 1. The van der Waals surface area contributed by atoms with Crippen LogP contribution in [-0.4, -0.2) is 28.4 Å². The lowest BCUT2D eigenvalue weighted by atomic mass is 9.86. The van der Waals surface area contributed by atoms with Crippen molar-refractivity contribution < 1.29 is 9.53 Å². The second-order valence-corrected chi connectivity index (χ2v) is 7.42. The number of nitriles is 1. The van der Waals surface area contributed by atoms with Crippen molar-refractivity contribution in [3.8, 4) is 11.8 Å². The number of carbonyl (C=O) groups excluding carboxylic acids is 1. The molecule has 1 atom stereocenters. The van der Waals surface area contributed by atoms with Crippen LogP contribution in [0.4, 0.5) is 5.69 Å². The summed E-state index contributed by atoms with van der Waals surface area (Å²) in [7, 11) is 0. The molecule has 0 saturated carbocycles. The summed E-state index contributed by atoms with van der Waals surface area (Å²) >= 11 is 1.54. The van der Waals surface area contributed by atoms with Gasteiger partial charge in [-0.3, -0.25) is 14.8 Å². The van der Waals surface area contributed by atoms with Gasteiger partial charge in [0.25, 0.3) is 5.91 Å². The maximum Gasteiger partial charge on any atom is 0.274 e. The first-order valence-corrected chi connectivity index (χ1v) is 9.47. The fraction of sp³-hybridized carbons (Fsp3) is 0.263. The van der Waals surface area contributed by atoms with Crippen molar-refractivity contribution in [2.24, 2.45) is 10.7 Å². The molecule has 1 unspecified atom stereocenters. The lowest BCUT2D eigenvalue weighted by molar-refractivity contribution is 0.102. The first kappa shape index (κ1) is 17.4. The van der Waals surface area contributed by atoms with Crippen molar-refractivity contribution in [2.75, 3.05) is 17.7 Å². The summed E-state index contributed by atoms with van der Waals surface area (Å²) in [6.07, 6.45) is 2.57. The smallest absolute Gasteiger partial charge is 0.274 e. The molecule has 2 aliphatic heterocycles. The number of nitrogens with zero attached hydrogens (tertiary/aromatic N) is 3. The summed E-state index contributed by atoms with van der Waals surface area (Å²) in [5.74, 6) is 1.24. The maximum atomic E-state index is 12.5. The van der Waals surface area contributed by atoms with Crippen molar-refractivity contribution in [2.45, 2.75) is 18.4 Å². The Balaban J connectivity index is 1.58. The van der Waals surface area contributed by atoms with Crippen molar-refractivity contribution in [3.63, 3.8) is 0 Å². The fourth-order valence-electron chi connectivity index (χ4n) is 3.25. The van der Waals surface area contributed by atoms with Crippen LogP contribution < -0.4 is 15.8 Å². The second kappa shape index (κ2) is 6.93. The number of benzene rings is 1. The van der Waals surface area contributed by atoms with Crippen LogP contribution in [0.3, 0.4) is 0 Å². The Hall–Kier alpha value is -3.05. The lowest BCUT2D eigenvalue weighted by Crippen LogP contribution is -2.32. The number of nitrogens with two attached hydrogens (primary N) is 1. The van der Waals surface area contributed by atoms with Gasteiger partial charge in [0.2, 0.25) is 0 Å². The van der Waals surface area contributed by atoms with Crippen LogP contribution in [0.5, 0.6) is 5.75 Å². The van der Waals surface area contributed by atoms with Crippen LogP contribution in [0.2, 0.25) is 0 Å². The molecule has 27 heavy (non-hydrogen) atoms. The summed E-state index contributed by atoms with van der Waals surface area (Å²) < 4.78 is 5.76. The van der Waals surface area contributed by atoms with Gasteiger partial charge in [-0.2, -0.15) is 5.26 Å². The number of carbonyl (C=O) groups is 1. The van der Waals surface area contributed by atoms with E-state index in [-0.39, 0.29) is 17.9 Å². The number of rotatable bonds is 3. The Labute approximate surface area is 160 Å². The molecule has 2 aromatic rings. The SMILES string of the molecule is N#CCc1ccc(C(=O)Nc2ccc3c(c2)C2(CCO3)CSC(N)=N2)nc1. The van der Waals surface area contributed by atoms with Gasteiger partial charge >= 0.3 is 0 Å². The van der Waals surface area contributed by atoms with Crippen molar-refractivity contribution in [3.05, 3.63) is 53.3 Å². The number of amidine groups is 1. The molecule has 3 N–H and O–H groups in total. The quantitative estimate of drug-likeness (QED) is 0.847. The van der Waals surface area contributed by atoms with Crippen LogP contribution in [-0.2, 0) is 12.0 Å². The van der Waals surface area contributed by atoms with E-state index in [0.29, 0.717) is 23.2 Å². The number of thioether (sulfide) groups is 1. The second-order valence-electron chi connectivity index (χ2n) is 6.42. The molecule has 1 amide bonds. The molecule has 0 bridgehead atoms. The van der Waals surface area contributed by atoms with Crippen molar-refractivity contribution >= 4 is 28.5 Å². The van der Waals surface area contributed by atoms with Gasteiger partial charge in [-0.25, -0.2) is 0 Å². The summed E-state index contributed by atoms with van der Waals surface area (Å²) in [5.41, 5.74) is 8.17. The van der Waals surface area contributed by atoms with Crippen molar-refractivity contribution in [1.29, 1.82) is 5.26 Å². The van der Waals surface area contributed by atoms with E-state index in [2.05, 4.69) is 21.4 Å². The van der Waals surface area contributed by atoms with Crippen LogP contribution in [0.15, 0.2) is 41.5 Å². The largest absolute Gasteiger partial charge is 0.493 e. The molecule has 4 rings (SSSR count). The average Bonchev–Trinajstić information content (AvgIpc) is 3.04. The minimum absolute atomic E-state index is 0.267. The molecule has 2 aliphatic rings. The van der Waals surface area contributed by atoms with E-state index in [0.717, 1.165) is 29.1 Å². The Morgan fingerprint density at radius 2 is 2.30 bits per heavy atom. The molecular weight excluding hydrogens is 362 g/mol. The zero-order valence-electron chi connectivity index (χ0n) is 14.4. The van der Waals surface area contributed by atoms with Gasteiger partial charge in [-0.15, -0.1) is 0 Å². The number of aromatic nitrogens is 1. The molecule has 3 heterocycles. The fourth-order valence-corrected chi connectivity index (χ4v) is 4.24. The van der Waals surface area contributed by atoms with Gasteiger partial charge in [-0.1, -0.05) is 17.8 Å². The molecule has 1 aromatic carbocycles. The third-order valence-electron chi connectivity index (χ3n) is 4.64.